The Bertz CT molecular complexity index is 581. The second-order valence-electron chi connectivity index (χ2n) is 4.72. The SMILES string of the molecule is Cc1ccc(SCCCNC(=O)Nc2cc(C)on2)cc1. The number of aromatic nitrogens is 1. The first-order valence-electron chi connectivity index (χ1n) is 6.81. The van der Waals surface area contributed by atoms with E-state index in [-0.39, 0.29) is 6.03 Å². The van der Waals surface area contributed by atoms with Gasteiger partial charge in [-0.3, -0.25) is 5.32 Å². The van der Waals surface area contributed by atoms with Crippen molar-refractivity contribution in [3.05, 3.63) is 41.7 Å². The molecule has 21 heavy (non-hydrogen) atoms. The summed E-state index contributed by atoms with van der Waals surface area (Å²) in [6.45, 7) is 4.48. The summed E-state index contributed by atoms with van der Waals surface area (Å²) in [5.74, 6) is 2.06. The topological polar surface area (TPSA) is 67.2 Å². The third kappa shape index (κ3) is 5.51. The Labute approximate surface area is 128 Å². The molecule has 1 aromatic heterocycles. The molecule has 0 spiro atoms. The maximum Gasteiger partial charge on any atom is 0.320 e. The number of hydrogen-bond acceptors (Lipinski definition) is 4. The Hall–Kier alpha value is -1.95. The minimum absolute atomic E-state index is 0.261. The van der Waals surface area contributed by atoms with Crippen molar-refractivity contribution in [3.63, 3.8) is 0 Å². The van der Waals surface area contributed by atoms with E-state index in [1.54, 1.807) is 24.8 Å². The monoisotopic (exact) mass is 305 g/mol. The summed E-state index contributed by atoms with van der Waals surface area (Å²) in [7, 11) is 0. The predicted octanol–water partition coefficient (Wildman–Crippen LogP) is 3.60. The third-order valence-electron chi connectivity index (χ3n) is 2.77. The molecule has 0 unspecified atom stereocenters. The molecule has 0 radical (unpaired) electrons. The minimum Gasteiger partial charge on any atom is -0.360 e. The second-order valence-corrected chi connectivity index (χ2v) is 5.89. The summed E-state index contributed by atoms with van der Waals surface area (Å²) >= 11 is 1.79. The van der Waals surface area contributed by atoms with Crippen LogP contribution in [-0.2, 0) is 0 Å². The van der Waals surface area contributed by atoms with E-state index >= 15 is 0 Å². The van der Waals surface area contributed by atoms with Gasteiger partial charge in [0, 0.05) is 17.5 Å². The molecule has 0 saturated carbocycles. The van der Waals surface area contributed by atoms with Crippen LogP contribution >= 0.6 is 11.8 Å². The van der Waals surface area contributed by atoms with E-state index in [4.69, 9.17) is 4.52 Å². The lowest BCUT2D eigenvalue weighted by molar-refractivity contribution is 0.252. The molecule has 0 bridgehead atoms. The fourth-order valence-corrected chi connectivity index (χ4v) is 2.54. The zero-order valence-corrected chi connectivity index (χ0v) is 13.0. The molecule has 5 nitrogen and oxygen atoms in total. The first-order valence-corrected chi connectivity index (χ1v) is 7.80. The van der Waals surface area contributed by atoms with Gasteiger partial charge in [0.2, 0.25) is 0 Å². The van der Waals surface area contributed by atoms with Gasteiger partial charge in [0.25, 0.3) is 0 Å². The summed E-state index contributed by atoms with van der Waals surface area (Å²) < 4.78 is 4.87. The standard InChI is InChI=1S/C15H19N3O2S/c1-11-4-6-13(7-5-11)21-9-3-8-16-15(19)17-14-10-12(2)20-18-14/h4-7,10H,3,8-9H2,1-2H3,(H2,16,17,18,19). The van der Waals surface area contributed by atoms with E-state index in [1.165, 1.54) is 10.5 Å². The number of carbonyl (C=O) groups excluding carboxylic acids is 1. The lowest BCUT2D eigenvalue weighted by atomic mass is 10.2. The van der Waals surface area contributed by atoms with E-state index in [2.05, 4.69) is 47.0 Å². The Kier molecular flexibility index (Phi) is 5.68. The molecule has 2 rings (SSSR count). The molecule has 0 aliphatic carbocycles. The molecule has 0 saturated heterocycles. The van der Waals surface area contributed by atoms with Crippen LogP contribution in [0.1, 0.15) is 17.7 Å². The second kappa shape index (κ2) is 7.73. The Morgan fingerprint density at radius 1 is 1.29 bits per heavy atom. The predicted molar refractivity (Wildman–Crippen MR) is 84.8 cm³/mol. The van der Waals surface area contributed by atoms with Gasteiger partial charge >= 0.3 is 6.03 Å². The average molecular weight is 305 g/mol. The fraction of sp³-hybridized carbons (Fsp3) is 0.333. The summed E-state index contributed by atoms with van der Waals surface area (Å²) in [5.41, 5.74) is 1.26. The van der Waals surface area contributed by atoms with Crippen LogP contribution in [0.15, 0.2) is 39.8 Å². The number of nitrogens with zero attached hydrogens (tertiary/aromatic N) is 1. The third-order valence-corrected chi connectivity index (χ3v) is 3.86. The lowest BCUT2D eigenvalue weighted by Gasteiger charge is -2.05. The van der Waals surface area contributed by atoms with Gasteiger partial charge in [-0.1, -0.05) is 22.9 Å². The fourth-order valence-electron chi connectivity index (χ4n) is 1.68. The smallest absolute Gasteiger partial charge is 0.320 e. The van der Waals surface area contributed by atoms with Crippen LogP contribution in [0.5, 0.6) is 0 Å². The summed E-state index contributed by atoms with van der Waals surface area (Å²) in [5, 5.41) is 9.10. The maximum absolute atomic E-state index is 11.6. The average Bonchev–Trinajstić information content (AvgIpc) is 2.86. The molecule has 2 aromatic rings. The van der Waals surface area contributed by atoms with Gasteiger partial charge in [-0.05, 0) is 38.2 Å². The van der Waals surface area contributed by atoms with Crippen LogP contribution in [0.4, 0.5) is 10.6 Å². The molecular weight excluding hydrogens is 286 g/mol. The van der Waals surface area contributed by atoms with E-state index in [0.717, 1.165) is 12.2 Å². The molecule has 6 heteroatoms. The van der Waals surface area contributed by atoms with Gasteiger partial charge in [-0.2, -0.15) is 0 Å². The minimum atomic E-state index is -0.261. The molecule has 2 N–H and O–H groups in total. The molecule has 0 atom stereocenters. The molecule has 0 aliphatic rings. The molecule has 0 aliphatic heterocycles. The van der Waals surface area contributed by atoms with Crippen molar-refractivity contribution in [2.24, 2.45) is 0 Å². The van der Waals surface area contributed by atoms with Crippen molar-refractivity contribution in [1.82, 2.24) is 10.5 Å². The lowest BCUT2D eigenvalue weighted by Crippen LogP contribution is -2.29. The van der Waals surface area contributed by atoms with Crippen molar-refractivity contribution < 1.29 is 9.32 Å². The van der Waals surface area contributed by atoms with Gasteiger partial charge in [0.05, 0.1) is 0 Å². The number of carbonyl (C=O) groups is 1. The van der Waals surface area contributed by atoms with Gasteiger partial charge in [-0.15, -0.1) is 11.8 Å². The van der Waals surface area contributed by atoms with E-state index in [9.17, 15) is 4.79 Å². The van der Waals surface area contributed by atoms with Crippen molar-refractivity contribution in [2.45, 2.75) is 25.2 Å². The molecule has 112 valence electrons. The molecular formula is C15H19N3O2S. The summed E-state index contributed by atoms with van der Waals surface area (Å²) in [6, 6.07) is 9.86. The maximum atomic E-state index is 11.6. The number of rotatable bonds is 6. The number of benzene rings is 1. The first-order chi connectivity index (χ1) is 10.1. The van der Waals surface area contributed by atoms with E-state index in [1.807, 2.05) is 0 Å². The largest absolute Gasteiger partial charge is 0.360 e. The highest BCUT2D eigenvalue weighted by atomic mass is 32.2. The highest BCUT2D eigenvalue weighted by Gasteiger charge is 2.04. The van der Waals surface area contributed by atoms with Crippen LogP contribution in [0.2, 0.25) is 0 Å². The number of anilines is 1. The normalized spacial score (nSPS) is 10.4. The number of aryl methyl sites for hydroxylation is 2. The van der Waals surface area contributed by atoms with Crippen LogP contribution in [0, 0.1) is 13.8 Å². The molecule has 0 fully saturated rings. The Morgan fingerprint density at radius 3 is 2.71 bits per heavy atom. The number of urea groups is 1. The van der Waals surface area contributed by atoms with Crippen molar-refractivity contribution in [2.75, 3.05) is 17.6 Å². The zero-order chi connectivity index (χ0) is 15.1. The molecule has 2 amide bonds. The van der Waals surface area contributed by atoms with Crippen LogP contribution in [0.3, 0.4) is 0 Å². The van der Waals surface area contributed by atoms with Crippen LogP contribution in [-0.4, -0.2) is 23.5 Å². The molecule has 1 heterocycles. The number of hydrogen-bond donors (Lipinski definition) is 2. The quantitative estimate of drug-likeness (QED) is 0.632. The van der Waals surface area contributed by atoms with Crippen LogP contribution in [0.25, 0.3) is 0 Å². The summed E-state index contributed by atoms with van der Waals surface area (Å²) in [4.78, 5) is 12.8. The number of nitrogens with one attached hydrogen (secondary N) is 2. The van der Waals surface area contributed by atoms with Crippen molar-refractivity contribution in [3.8, 4) is 0 Å². The Morgan fingerprint density at radius 2 is 2.05 bits per heavy atom. The van der Waals surface area contributed by atoms with E-state index < -0.39 is 0 Å². The number of thioether (sulfide) groups is 1. The van der Waals surface area contributed by atoms with Gasteiger partial charge in [0.1, 0.15) is 5.76 Å². The van der Waals surface area contributed by atoms with Gasteiger partial charge in [0.15, 0.2) is 5.82 Å². The number of amides is 2. The Balaban J connectivity index is 1.59. The van der Waals surface area contributed by atoms with E-state index in [0.29, 0.717) is 18.1 Å². The summed E-state index contributed by atoms with van der Waals surface area (Å²) in [6.07, 6.45) is 0.907. The highest BCUT2D eigenvalue weighted by Crippen LogP contribution is 2.18. The van der Waals surface area contributed by atoms with Gasteiger partial charge in [-0.25, -0.2) is 4.79 Å². The molecule has 1 aromatic carbocycles. The highest BCUT2D eigenvalue weighted by molar-refractivity contribution is 7.99. The zero-order valence-electron chi connectivity index (χ0n) is 12.2. The van der Waals surface area contributed by atoms with Crippen molar-refractivity contribution in [1.29, 1.82) is 0 Å². The van der Waals surface area contributed by atoms with Crippen molar-refractivity contribution >= 4 is 23.6 Å². The first kappa shape index (κ1) is 15.4. The van der Waals surface area contributed by atoms with Gasteiger partial charge < -0.3 is 9.84 Å². The van der Waals surface area contributed by atoms with Crippen LogP contribution < -0.4 is 10.6 Å².